The van der Waals surface area contributed by atoms with Crippen molar-refractivity contribution < 1.29 is 4.92 Å². The molecule has 174 valence electrons. The highest BCUT2D eigenvalue weighted by Crippen LogP contribution is 2.35. The minimum atomic E-state index is -0.542. The summed E-state index contributed by atoms with van der Waals surface area (Å²) >= 11 is 8.31. The maximum absolute atomic E-state index is 12.4. The van der Waals surface area contributed by atoms with Gasteiger partial charge in [-0.2, -0.15) is 4.98 Å². The SMILES string of the molecule is O=c1nc(SCc2cn(-c3ccc(N4CCCCC4)cc3)nn2)sc2c([N+](=O)[O-])cc(Cl)cc12. The second-order valence-corrected chi connectivity index (χ2v) is 10.5. The molecule has 0 atom stereocenters. The average Bonchev–Trinajstić information content (AvgIpc) is 3.32. The van der Waals surface area contributed by atoms with Crippen LogP contribution in [0.2, 0.25) is 5.02 Å². The van der Waals surface area contributed by atoms with Crippen molar-refractivity contribution >= 4 is 56.2 Å². The summed E-state index contributed by atoms with van der Waals surface area (Å²) in [5.74, 6) is 0.418. The molecule has 0 aliphatic carbocycles. The Kier molecular flexibility index (Phi) is 6.48. The van der Waals surface area contributed by atoms with E-state index in [-0.39, 0.29) is 20.8 Å². The predicted molar refractivity (Wildman–Crippen MR) is 135 cm³/mol. The molecule has 2 aromatic carbocycles. The molecule has 34 heavy (non-hydrogen) atoms. The molecule has 4 aromatic rings. The van der Waals surface area contributed by atoms with Crippen LogP contribution in [0, 0.1) is 10.1 Å². The zero-order valence-corrected chi connectivity index (χ0v) is 20.3. The van der Waals surface area contributed by atoms with E-state index in [4.69, 9.17) is 11.6 Å². The Bertz CT molecular complexity index is 1420. The van der Waals surface area contributed by atoms with Crippen LogP contribution in [-0.2, 0) is 5.75 Å². The predicted octanol–water partition coefficient (Wildman–Crippen LogP) is 5.08. The summed E-state index contributed by atoms with van der Waals surface area (Å²) in [6.45, 7) is 2.18. The number of piperidine rings is 1. The van der Waals surface area contributed by atoms with Gasteiger partial charge in [0.2, 0.25) is 0 Å². The first-order valence-corrected chi connectivity index (χ1v) is 12.8. The number of thioether (sulfide) groups is 1. The van der Waals surface area contributed by atoms with Crippen molar-refractivity contribution in [3.63, 3.8) is 0 Å². The lowest BCUT2D eigenvalue weighted by Gasteiger charge is -2.28. The summed E-state index contributed by atoms with van der Waals surface area (Å²) < 4.78 is 2.39. The molecular weight excluding hydrogens is 496 g/mol. The topological polar surface area (TPSA) is 107 Å². The number of aromatic nitrogens is 4. The van der Waals surface area contributed by atoms with Gasteiger partial charge in [0.1, 0.15) is 4.70 Å². The van der Waals surface area contributed by atoms with Crippen LogP contribution in [0.1, 0.15) is 25.0 Å². The highest BCUT2D eigenvalue weighted by Gasteiger charge is 2.19. The second kappa shape index (κ2) is 9.69. The summed E-state index contributed by atoms with van der Waals surface area (Å²) in [4.78, 5) is 29.8. The van der Waals surface area contributed by atoms with Gasteiger partial charge in [0.05, 0.1) is 27.9 Å². The van der Waals surface area contributed by atoms with E-state index >= 15 is 0 Å². The molecule has 0 saturated carbocycles. The summed E-state index contributed by atoms with van der Waals surface area (Å²) in [5, 5.41) is 20.1. The van der Waals surface area contributed by atoms with E-state index in [9.17, 15) is 14.9 Å². The molecule has 2 aromatic heterocycles. The van der Waals surface area contributed by atoms with Gasteiger partial charge in [-0.3, -0.25) is 14.9 Å². The number of hydrogen-bond acceptors (Lipinski definition) is 9. The van der Waals surface area contributed by atoms with Crippen LogP contribution in [0.15, 0.2) is 51.7 Å². The molecule has 0 spiro atoms. The molecule has 1 fully saturated rings. The number of halogens is 1. The molecule has 9 nitrogen and oxygen atoms in total. The fourth-order valence-corrected chi connectivity index (χ4v) is 6.11. The van der Waals surface area contributed by atoms with E-state index < -0.39 is 10.5 Å². The van der Waals surface area contributed by atoms with E-state index in [2.05, 4.69) is 32.3 Å². The third kappa shape index (κ3) is 4.77. The summed E-state index contributed by atoms with van der Waals surface area (Å²) in [5.41, 5.74) is 2.09. The van der Waals surface area contributed by atoms with Gasteiger partial charge in [0.15, 0.2) is 4.34 Å². The smallest absolute Gasteiger partial charge is 0.288 e. The Morgan fingerprint density at radius 2 is 1.85 bits per heavy atom. The fraction of sp³-hybridized carbons (Fsp3) is 0.273. The first kappa shape index (κ1) is 22.8. The van der Waals surface area contributed by atoms with Crippen molar-refractivity contribution in [1.29, 1.82) is 0 Å². The number of fused-ring (bicyclic) bond motifs is 1. The van der Waals surface area contributed by atoms with Gasteiger partial charge in [-0.25, -0.2) is 4.68 Å². The van der Waals surface area contributed by atoms with E-state index in [0.717, 1.165) is 30.1 Å². The zero-order valence-electron chi connectivity index (χ0n) is 17.9. The monoisotopic (exact) mass is 514 g/mol. The Labute approximate surface area is 207 Å². The molecule has 1 aliphatic rings. The molecule has 0 amide bonds. The van der Waals surface area contributed by atoms with Gasteiger partial charge in [-0.15, -0.1) is 16.4 Å². The van der Waals surface area contributed by atoms with Crippen LogP contribution in [0.25, 0.3) is 15.8 Å². The van der Waals surface area contributed by atoms with Gasteiger partial charge < -0.3 is 4.90 Å². The van der Waals surface area contributed by atoms with E-state index in [0.29, 0.717) is 15.8 Å². The summed E-state index contributed by atoms with van der Waals surface area (Å²) in [6.07, 6.45) is 5.58. The van der Waals surface area contributed by atoms with Crippen molar-refractivity contribution in [3.05, 3.63) is 73.8 Å². The summed E-state index contributed by atoms with van der Waals surface area (Å²) in [7, 11) is 0. The third-order valence-corrected chi connectivity index (χ3v) is 8.06. The number of benzene rings is 2. The largest absolute Gasteiger partial charge is 0.372 e. The molecule has 0 radical (unpaired) electrons. The first-order valence-electron chi connectivity index (χ1n) is 10.7. The van der Waals surface area contributed by atoms with Gasteiger partial charge in [0, 0.05) is 35.6 Å². The summed E-state index contributed by atoms with van der Waals surface area (Å²) in [6, 6.07) is 10.9. The quantitative estimate of drug-likeness (QED) is 0.199. The molecular formula is C22H19ClN6O3S2. The number of anilines is 1. The number of hydrogen-bond donors (Lipinski definition) is 0. The lowest BCUT2D eigenvalue weighted by Crippen LogP contribution is -2.29. The molecule has 0 N–H and O–H groups in total. The van der Waals surface area contributed by atoms with Crippen molar-refractivity contribution in [2.75, 3.05) is 18.0 Å². The molecule has 0 unspecified atom stereocenters. The Hall–Kier alpha value is -3.02. The molecule has 3 heterocycles. The Morgan fingerprint density at radius 3 is 2.59 bits per heavy atom. The van der Waals surface area contributed by atoms with Gasteiger partial charge in [-0.1, -0.05) is 28.6 Å². The highest BCUT2D eigenvalue weighted by molar-refractivity contribution is 8.00. The van der Waals surface area contributed by atoms with E-state index in [1.807, 2.05) is 18.3 Å². The first-order chi connectivity index (χ1) is 16.5. The van der Waals surface area contributed by atoms with E-state index in [1.165, 1.54) is 48.8 Å². The minimum Gasteiger partial charge on any atom is -0.372 e. The van der Waals surface area contributed by atoms with Gasteiger partial charge in [0.25, 0.3) is 11.2 Å². The standard InChI is InChI=1S/C22H19ClN6O3S2/c23-14-10-18-20(19(11-14)29(31)32)34-22(24-21(18)30)33-13-15-12-28(26-25-15)17-6-4-16(5-7-17)27-8-2-1-3-9-27/h4-7,10-12H,1-3,8-9,13H2. The second-order valence-electron chi connectivity index (χ2n) is 7.85. The van der Waals surface area contributed by atoms with Gasteiger partial charge >= 0.3 is 0 Å². The number of nitrogens with zero attached hydrogens (tertiary/aromatic N) is 6. The van der Waals surface area contributed by atoms with Crippen LogP contribution in [0.4, 0.5) is 11.4 Å². The molecule has 1 aliphatic heterocycles. The third-order valence-electron chi connectivity index (χ3n) is 5.56. The number of non-ortho nitro benzene ring substituents is 1. The van der Waals surface area contributed by atoms with Crippen LogP contribution in [0.3, 0.4) is 0 Å². The highest BCUT2D eigenvalue weighted by atomic mass is 35.5. The average molecular weight is 515 g/mol. The zero-order chi connectivity index (χ0) is 23.7. The van der Waals surface area contributed by atoms with Crippen molar-refractivity contribution in [1.82, 2.24) is 20.0 Å². The Morgan fingerprint density at radius 1 is 1.12 bits per heavy atom. The van der Waals surface area contributed by atoms with Gasteiger partial charge in [-0.05, 0) is 49.6 Å². The van der Waals surface area contributed by atoms with Crippen molar-refractivity contribution in [2.45, 2.75) is 29.4 Å². The molecule has 12 heteroatoms. The van der Waals surface area contributed by atoms with Crippen LogP contribution in [0.5, 0.6) is 0 Å². The van der Waals surface area contributed by atoms with Crippen LogP contribution < -0.4 is 10.5 Å². The number of nitro benzene ring substituents is 1. The fourth-order valence-electron chi connectivity index (χ4n) is 3.89. The molecule has 1 saturated heterocycles. The number of nitro groups is 1. The lowest BCUT2D eigenvalue weighted by atomic mass is 10.1. The number of rotatable bonds is 6. The van der Waals surface area contributed by atoms with Crippen LogP contribution in [-0.4, -0.2) is 38.0 Å². The van der Waals surface area contributed by atoms with Crippen LogP contribution >= 0.6 is 34.7 Å². The Balaban J connectivity index is 1.31. The van der Waals surface area contributed by atoms with E-state index in [1.54, 1.807) is 4.68 Å². The lowest BCUT2D eigenvalue weighted by molar-refractivity contribution is -0.382. The maximum atomic E-state index is 12.4. The molecule has 5 rings (SSSR count). The van der Waals surface area contributed by atoms with Crippen molar-refractivity contribution in [2.24, 2.45) is 0 Å². The van der Waals surface area contributed by atoms with Crippen molar-refractivity contribution in [3.8, 4) is 5.69 Å². The normalized spacial score (nSPS) is 14.0. The minimum absolute atomic E-state index is 0.131. The maximum Gasteiger partial charge on any atom is 0.288 e. The molecule has 0 bridgehead atoms.